The SMILES string of the molecule is O=C(N[C@@H](C(=O)O)c1ccccc1Cl)C1C2CCCCC21. The van der Waals surface area contributed by atoms with Crippen LogP contribution in [-0.4, -0.2) is 17.0 Å². The summed E-state index contributed by atoms with van der Waals surface area (Å²) in [5, 5.41) is 12.4. The molecule has 2 fully saturated rings. The van der Waals surface area contributed by atoms with Crippen molar-refractivity contribution in [1.82, 2.24) is 5.32 Å². The molecule has 0 radical (unpaired) electrons. The van der Waals surface area contributed by atoms with Gasteiger partial charge in [-0.25, -0.2) is 4.79 Å². The highest BCUT2D eigenvalue weighted by Crippen LogP contribution is 2.55. The Hall–Kier alpha value is -1.55. The fourth-order valence-corrected chi connectivity index (χ4v) is 3.85. The Morgan fingerprint density at radius 1 is 1.19 bits per heavy atom. The summed E-state index contributed by atoms with van der Waals surface area (Å²) in [7, 11) is 0. The van der Waals surface area contributed by atoms with E-state index in [1.54, 1.807) is 24.3 Å². The molecule has 0 aromatic heterocycles. The maximum absolute atomic E-state index is 12.4. The van der Waals surface area contributed by atoms with Gasteiger partial charge in [0.2, 0.25) is 5.91 Å². The molecule has 0 aliphatic heterocycles. The molecule has 0 saturated heterocycles. The van der Waals surface area contributed by atoms with Crippen LogP contribution in [0.5, 0.6) is 0 Å². The van der Waals surface area contributed by atoms with E-state index in [1.807, 2.05) is 0 Å². The fraction of sp³-hybridized carbons (Fsp3) is 0.500. The number of amides is 1. The van der Waals surface area contributed by atoms with Crippen molar-refractivity contribution in [1.29, 1.82) is 0 Å². The van der Waals surface area contributed by atoms with E-state index in [0.717, 1.165) is 12.8 Å². The number of carboxylic acid groups (broad SMARTS) is 1. The zero-order valence-corrected chi connectivity index (χ0v) is 12.3. The Bertz CT molecular complexity index is 562. The smallest absolute Gasteiger partial charge is 0.330 e. The van der Waals surface area contributed by atoms with Crippen molar-refractivity contribution >= 4 is 23.5 Å². The quantitative estimate of drug-likeness (QED) is 0.898. The lowest BCUT2D eigenvalue weighted by Crippen LogP contribution is -2.35. The van der Waals surface area contributed by atoms with E-state index < -0.39 is 12.0 Å². The van der Waals surface area contributed by atoms with E-state index in [4.69, 9.17) is 11.6 Å². The first-order valence-corrected chi connectivity index (χ1v) is 7.75. The Balaban J connectivity index is 1.73. The van der Waals surface area contributed by atoms with Crippen LogP contribution in [0.3, 0.4) is 0 Å². The monoisotopic (exact) mass is 307 g/mol. The average Bonchev–Trinajstić information content (AvgIpc) is 3.19. The van der Waals surface area contributed by atoms with Gasteiger partial charge in [0.15, 0.2) is 6.04 Å². The van der Waals surface area contributed by atoms with Gasteiger partial charge in [-0.15, -0.1) is 0 Å². The second kappa shape index (κ2) is 5.68. The molecular weight excluding hydrogens is 290 g/mol. The minimum absolute atomic E-state index is 0.00293. The molecule has 112 valence electrons. The minimum atomic E-state index is -1.08. The van der Waals surface area contributed by atoms with Gasteiger partial charge >= 0.3 is 5.97 Å². The molecule has 2 aliphatic carbocycles. The number of carbonyl (C=O) groups is 2. The molecule has 0 bridgehead atoms. The van der Waals surface area contributed by atoms with Crippen LogP contribution >= 0.6 is 11.6 Å². The Morgan fingerprint density at radius 3 is 2.38 bits per heavy atom. The first-order chi connectivity index (χ1) is 10.1. The fourth-order valence-electron chi connectivity index (χ4n) is 3.60. The van der Waals surface area contributed by atoms with E-state index in [-0.39, 0.29) is 11.8 Å². The number of hydrogen-bond acceptors (Lipinski definition) is 2. The molecule has 2 saturated carbocycles. The summed E-state index contributed by atoms with van der Waals surface area (Å²) >= 11 is 6.05. The summed E-state index contributed by atoms with van der Waals surface area (Å²) in [5.41, 5.74) is 0.434. The van der Waals surface area contributed by atoms with E-state index in [1.165, 1.54) is 12.8 Å². The zero-order chi connectivity index (χ0) is 15.0. The largest absolute Gasteiger partial charge is 0.479 e. The summed E-state index contributed by atoms with van der Waals surface area (Å²) in [6.07, 6.45) is 4.54. The van der Waals surface area contributed by atoms with Crippen molar-refractivity contribution in [3.05, 3.63) is 34.9 Å². The number of carboxylic acids is 1. The third kappa shape index (κ3) is 2.77. The number of halogens is 1. The molecule has 3 atom stereocenters. The molecule has 2 aliphatic rings. The second-order valence-electron chi connectivity index (χ2n) is 5.94. The lowest BCUT2D eigenvalue weighted by atomic mass is 10.0. The van der Waals surface area contributed by atoms with Crippen molar-refractivity contribution < 1.29 is 14.7 Å². The van der Waals surface area contributed by atoms with E-state index >= 15 is 0 Å². The molecule has 2 unspecified atom stereocenters. The van der Waals surface area contributed by atoms with Crippen LogP contribution in [0.2, 0.25) is 5.02 Å². The number of aliphatic carboxylic acids is 1. The molecule has 5 heteroatoms. The first-order valence-electron chi connectivity index (χ1n) is 7.37. The van der Waals surface area contributed by atoms with E-state index in [2.05, 4.69) is 5.32 Å². The topological polar surface area (TPSA) is 66.4 Å². The van der Waals surface area contributed by atoms with Gasteiger partial charge in [0, 0.05) is 16.5 Å². The van der Waals surface area contributed by atoms with Crippen LogP contribution in [0.25, 0.3) is 0 Å². The Labute approximate surface area is 128 Å². The van der Waals surface area contributed by atoms with E-state index in [0.29, 0.717) is 22.4 Å². The van der Waals surface area contributed by atoms with Crippen molar-refractivity contribution in [2.24, 2.45) is 17.8 Å². The number of rotatable bonds is 4. The van der Waals surface area contributed by atoms with Crippen LogP contribution in [0.1, 0.15) is 37.3 Å². The summed E-state index contributed by atoms with van der Waals surface area (Å²) in [6.45, 7) is 0. The summed E-state index contributed by atoms with van der Waals surface area (Å²) in [6, 6.07) is 5.66. The molecule has 0 heterocycles. The van der Waals surface area contributed by atoms with Crippen LogP contribution in [0, 0.1) is 17.8 Å². The maximum atomic E-state index is 12.4. The van der Waals surface area contributed by atoms with E-state index in [9.17, 15) is 14.7 Å². The molecule has 4 nitrogen and oxygen atoms in total. The van der Waals surface area contributed by atoms with Crippen molar-refractivity contribution in [2.75, 3.05) is 0 Å². The van der Waals surface area contributed by atoms with Crippen molar-refractivity contribution in [3.63, 3.8) is 0 Å². The maximum Gasteiger partial charge on any atom is 0.330 e. The summed E-state index contributed by atoms with van der Waals surface area (Å²) in [4.78, 5) is 23.8. The first kappa shape index (κ1) is 14.4. The third-order valence-electron chi connectivity index (χ3n) is 4.71. The predicted molar refractivity (Wildman–Crippen MR) is 78.9 cm³/mol. The van der Waals surface area contributed by atoms with Gasteiger partial charge in [-0.1, -0.05) is 42.6 Å². The van der Waals surface area contributed by atoms with Crippen LogP contribution < -0.4 is 5.32 Å². The zero-order valence-electron chi connectivity index (χ0n) is 11.6. The van der Waals surface area contributed by atoms with Gasteiger partial charge < -0.3 is 10.4 Å². The lowest BCUT2D eigenvalue weighted by Gasteiger charge is -2.16. The molecular formula is C16H18ClNO3. The highest BCUT2D eigenvalue weighted by Gasteiger charge is 2.55. The van der Waals surface area contributed by atoms with Gasteiger partial charge in [0.1, 0.15) is 0 Å². The minimum Gasteiger partial charge on any atom is -0.479 e. The molecule has 3 rings (SSSR count). The molecule has 0 spiro atoms. The van der Waals surface area contributed by atoms with Crippen LogP contribution in [-0.2, 0) is 9.59 Å². The van der Waals surface area contributed by atoms with Gasteiger partial charge in [0.25, 0.3) is 0 Å². The lowest BCUT2D eigenvalue weighted by molar-refractivity contribution is -0.142. The average molecular weight is 308 g/mol. The van der Waals surface area contributed by atoms with Crippen molar-refractivity contribution in [2.45, 2.75) is 31.7 Å². The van der Waals surface area contributed by atoms with Gasteiger partial charge in [-0.2, -0.15) is 0 Å². The normalized spacial score (nSPS) is 28.3. The standard InChI is InChI=1S/C16H18ClNO3/c17-12-8-4-3-7-11(12)14(16(20)21)18-15(19)13-9-5-1-2-6-10(9)13/h3-4,7-10,13-14H,1-2,5-6H2,(H,18,19)(H,20,21)/t9?,10?,13?,14-/m1/s1. The Morgan fingerprint density at radius 2 is 1.81 bits per heavy atom. The van der Waals surface area contributed by atoms with Crippen LogP contribution in [0.4, 0.5) is 0 Å². The Kier molecular flexibility index (Phi) is 3.89. The molecule has 1 amide bonds. The second-order valence-corrected chi connectivity index (χ2v) is 6.35. The highest BCUT2D eigenvalue weighted by molar-refractivity contribution is 6.31. The number of fused-ring (bicyclic) bond motifs is 1. The number of carbonyl (C=O) groups excluding carboxylic acids is 1. The molecule has 1 aromatic rings. The predicted octanol–water partition coefficient (Wildman–Crippen LogP) is 3.02. The molecule has 1 aromatic carbocycles. The highest BCUT2D eigenvalue weighted by atomic mass is 35.5. The van der Waals surface area contributed by atoms with Gasteiger partial charge in [0.05, 0.1) is 0 Å². The van der Waals surface area contributed by atoms with Crippen molar-refractivity contribution in [3.8, 4) is 0 Å². The summed E-state index contributed by atoms with van der Waals surface area (Å²) < 4.78 is 0. The van der Waals surface area contributed by atoms with Crippen LogP contribution in [0.15, 0.2) is 24.3 Å². The number of hydrogen-bond donors (Lipinski definition) is 2. The molecule has 21 heavy (non-hydrogen) atoms. The van der Waals surface area contributed by atoms with Gasteiger partial charge in [-0.3, -0.25) is 4.79 Å². The third-order valence-corrected chi connectivity index (χ3v) is 5.05. The molecule has 2 N–H and O–H groups in total. The van der Waals surface area contributed by atoms with Gasteiger partial charge in [-0.05, 0) is 30.7 Å². The summed E-state index contributed by atoms with van der Waals surface area (Å²) in [5.74, 6) is -0.310. The number of benzene rings is 1. The number of nitrogens with one attached hydrogen (secondary N) is 1.